The molecule has 0 rings (SSSR count). The molecule has 1 atom stereocenters. The lowest BCUT2D eigenvalue weighted by Gasteiger charge is -2.00. The number of hydrogen-bond acceptors (Lipinski definition) is 3. The van der Waals surface area contributed by atoms with Crippen LogP contribution in [0, 0.1) is 0 Å². The SMILES string of the molecule is CNC(O)/N=C(\C)Cl. The van der Waals surface area contributed by atoms with E-state index in [4.69, 9.17) is 16.7 Å². The predicted octanol–water partition coefficient (Wildman–Crippen LogP) is 0.139. The van der Waals surface area contributed by atoms with Crippen LogP contribution in [0.4, 0.5) is 0 Å². The standard InChI is InChI=1S/C4H9ClN2O/c1-3(5)7-4(8)6-2/h4,6,8H,1-2H3/b7-3+. The predicted molar refractivity (Wildman–Crippen MR) is 34.0 cm³/mol. The van der Waals surface area contributed by atoms with Crippen LogP contribution in [0.1, 0.15) is 6.92 Å². The molecular formula is C4H9ClN2O. The zero-order chi connectivity index (χ0) is 6.57. The Hall–Kier alpha value is -0.120. The monoisotopic (exact) mass is 136 g/mol. The molecule has 0 saturated carbocycles. The molecule has 2 N–H and O–H groups in total. The summed E-state index contributed by atoms with van der Waals surface area (Å²) in [6, 6.07) is 0. The Morgan fingerprint density at radius 1 is 1.88 bits per heavy atom. The van der Waals surface area contributed by atoms with Crippen molar-refractivity contribution >= 4 is 16.8 Å². The van der Waals surface area contributed by atoms with E-state index in [2.05, 4.69) is 10.3 Å². The summed E-state index contributed by atoms with van der Waals surface area (Å²) in [4.78, 5) is 3.52. The Labute approximate surface area is 53.4 Å². The minimum Gasteiger partial charge on any atom is -0.360 e. The van der Waals surface area contributed by atoms with Crippen molar-refractivity contribution in [2.75, 3.05) is 7.05 Å². The molecule has 48 valence electrons. The van der Waals surface area contributed by atoms with Gasteiger partial charge in [-0.05, 0) is 14.0 Å². The lowest BCUT2D eigenvalue weighted by atomic mass is 10.8. The van der Waals surface area contributed by atoms with Crippen LogP contribution in [0.2, 0.25) is 0 Å². The second-order valence-corrected chi connectivity index (χ2v) is 1.84. The molecule has 0 aromatic heterocycles. The number of rotatable bonds is 2. The summed E-state index contributed by atoms with van der Waals surface area (Å²) in [6.45, 7) is 1.60. The first-order chi connectivity index (χ1) is 3.66. The van der Waals surface area contributed by atoms with Crippen molar-refractivity contribution < 1.29 is 5.11 Å². The van der Waals surface area contributed by atoms with Crippen molar-refractivity contribution in [1.82, 2.24) is 5.32 Å². The van der Waals surface area contributed by atoms with Crippen molar-refractivity contribution in [2.45, 2.75) is 13.3 Å². The summed E-state index contributed by atoms with van der Waals surface area (Å²) in [5.41, 5.74) is 0. The van der Waals surface area contributed by atoms with Gasteiger partial charge in [-0.3, -0.25) is 5.32 Å². The maximum Gasteiger partial charge on any atom is 0.202 e. The van der Waals surface area contributed by atoms with E-state index in [1.54, 1.807) is 14.0 Å². The quantitative estimate of drug-likeness (QED) is 0.419. The van der Waals surface area contributed by atoms with Crippen molar-refractivity contribution in [2.24, 2.45) is 4.99 Å². The van der Waals surface area contributed by atoms with Gasteiger partial charge in [-0.2, -0.15) is 0 Å². The lowest BCUT2D eigenvalue weighted by molar-refractivity contribution is 0.157. The molecule has 0 spiro atoms. The third-order valence-corrected chi connectivity index (χ3v) is 0.656. The molecule has 1 unspecified atom stereocenters. The molecule has 0 aromatic rings. The van der Waals surface area contributed by atoms with Gasteiger partial charge in [0.15, 0.2) is 0 Å². The molecule has 0 saturated heterocycles. The van der Waals surface area contributed by atoms with E-state index in [0.717, 1.165) is 0 Å². The van der Waals surface area contributed by atoms with Gasteiger partial charge in [0.1, 0.15) is 5.17 Å². The fourth-order valence-electron chi connectivity index (χ4n) is 0.233. The van der Waals surface area contributed by atoms with Gasteiger partial charge in [0.05, 0.1) is 0 Å². The number of aliphatic imine (C=N–C) groups is 1. The van der Waals surface area contributed by atoms with Crippen LogP contribution in [-0.2, 0) is 0 Å². The molecule has 0 bridgehead atoms. The van der Waals surface area contributed by atoms with E-state index in [9.17, 15) is 0 Å². The molecule has 0 radical (unpaired) electrons. The second kappa shape index (κ2) is 3.83. The van der Waals surface area contributed by atoms with Crippen LogP contribution in [0.3, 0.4) is 0 Å². The fraction of sp³-hybridized carbons (Fsp3) is 0.750. The number of halogens is 1. The Bertz CT molecular complexity index is 90.0. The summed E-state index contributed by atoms with van der Waals surface area (Å²) in [7, 11) is 1.59. The van der Waals surface area contributed by atoms with E-state index in [0.29, 0.717) is 5.17 Å². The molecule has 0 aromatic carbocycles. The van der Waals surface area contributed by atoms with Gasteiger partial charge in [0.2, 0.25) is 6.35 Å². The summed E-state index contributed by atoms with van der Waals surface area (Å²) in [6.07, 6.45) is -0.868. The summed E-state index contributed by atoms with van der Waals surface area (Å²) in [5, 5.41) is 11.5. The van der Waals surface area contributed by atoms with Crippen molar-refractivity contribution in [1.29, 1.82) is 0 Å². The second-order valence-electron chi connectivity index (χ2n) is 1.29. The highest BCUT2D eigenvalue weighted by Crippen LogP contribution is 1.85. The average Bonchev–Trinajstić information content (AvgIpc) is 1.65. The molecule has 8 heavy (non-hydrogen) atoms. The van der Waals surface area contributed by atoms with Crippen LogP contribution in [0.15, 0.2) is 4.99 Å². The molecular weight excluding hydrogens is 128 g/mol. The Morgan fingerprint density at radius 3 is 2.50 bits per heavy atom. The number of hydrogen-bond donors (Lipinski definition) is 2. The van der Waals surface area contributed by atoms with E-state index in [-0.39, 0.29) is 0 Å². The number of nitrogens with one attached hydrogen (secondary N) is 1. The zero-order valence-corrected chi connectivity index (χ0v) is 5.61. The number of aliphatic hydroxyl groups excluding tert-OH is 1. The molecule has 0 fully saturated rings. The van der Waals surface area contributed by atoms with Gasteiger partial charge in [0, 0.05) is 0 Å². The maximum atomic E-state index is 8.65. The highest BCUT2D eigenvalue weighted by molar-refractivity contribution is 6.64. The third kappa shape index (κ3) is 4.05. The smallest absolute Gasteiger partial charge is 0.202 e. The first-order valence-corrected chi connectivity index (χ1v) is 2.60. The number of aliphatic hydroxyl groups is 1. The molecule has 0 aliphatic carbocycles. The third-order valence-electron chi connectivity index (χ3n) is 0.558. The Morgan fingerprint density at radius 2 is 2.38 bits per heavy atom. The van der Waals surface area contributed by atoms with E-state index >= 15 is 0 Å². The van der Waals surface area contributed by atoms with Gasteiger partial charge < -0.3 is 5.11 Å². The maximum absolute atomic E-state index is 8.65. The van der Waals surface area contributed by atoms with Crippen LogP contribution in [0.5, 0.6) is 0 Å². The van der Waals surface area contributed by atoms with Gasteiger partial charge in [0.25, 0.3) is 0 Å². The highest BCUT2D eigenvalue weighted by atomic mass is 35.5. The minimum absolute atomic E-state index is 0.340. The van der Waals surface area contributed by atoms with Crippen LogP contribution < -0.4 is 5.32 Å². The van der Waals surface area contributed by atoms with Crippen molar-refractivity contribution in [3.8, 4) is 0 Å². The minimum atomic E-state index is -0.868. The number of nitrogens with zero attached hydrogens (tertiary/aromatic N) is 1. The van der Waals surface area contributed by atoms with Gasteiger partial charge in [-0.15, -0.1) is 0 Å². The summed E-state index contributed by atoms with van der Waals surface area (Å²) < 4.78 is 0. The van der Waals surface area contributed by atoms with Crippen LogP contribution in [0.25, 0.3) is 0 Å². The largest absolute Gasteiger partial charge is 0.360 e. The van der Waals surface area contributed by atoms with Gasteiger partial charge in [-0.25, -0.2) is 4.99 Å². The first kappa shape index (κ1) is 7.88. The van der Waals surface area contributed by atoms with Gasteiger partial charge >= 0.3 is 0 Å². The molecule has 0 aliphatic rings. The first-order valence-electron chi connectivity index (χ1n) is 2.22. The summed E-state index contributed by atoms with van der Waals surface area (Å²) >= 11 is 5.30. The van der Waals surface area contributed by atoms with Crippen LogP contribution in [-0.4, -0.2) is 23.7 Å². The molecule has 0 aliphatic heterocycles. The van der Waals surface area contributed by atoms with Crippen molar-refractivity contribution in [3.05, 3.63) is 0 Å². The Kier molecular flexibility index (Phi) is 3.77. The van der Waals surface area contributed by atoms with Gasteiger partial charge in [-0.1, -0.05) is 11.6 Å². The van der Waals surface area contributed by atoms with Crippen molar-refractivity contribution in [3.63, 3.8) is 0 Å². The fourth-order valence-corrected chi connectivity index (χ4v) is 0.325. The summed E-state index contributed by atoms with van der Waals surface area (Å²) in [5.74, 6) is 0. The highest BCUT2D eigenvalue weighted by Gasteiger charge is 1.91. The molecule has 0 amide bonds. The van der Waals surface area contributed by atoms with E-state index in [1.165, 1.54) is 0 Å². The van der Waals surface area contributed by atoms with E-state index < -0.39 is 6.35 Å². The normalized spacial score (nSPS) is 16.2. The molecule has 4 heteroatoms. The molecule has 3 nitrogen and oxygen atoms in total. The topological polar surface area (TPSA) is 44.6 Å². The Balaban J connectivity index is 3.51. The van der Waals surface area contributed by atoms with E-state index in [1.807, 2.05) is 0 Å². The molecule has 0 heterocycles. The lowest BCUT2D eigenvalue weighted by Crippen LogP contribution is -2.22. The van der Waals surface area contributed by atoms with Crippen LogP contribution >= 0.6 is 11.6 Å². The average molecular weight is 137 g/mol. The zero-order valence-electron chi connectivity index (χ0n) is 4.85.